The first kappa shape index (κ1) is 27.1. The number of rotatable bonds is 7. The number of fused-ring (bicyclic) bond motifs is 1. The lowest BCUT2D eigenvalue weighted by Crippen LogP contribution is -2.75. The summed E-state index contributed by atoms with van der Waals surface area (Å²) in [4.78, 5) is 44.6. The number of hydrazine groups is 1. The van der Waals surface area contributed by atoms with Gasteiger partial charge in [-0.3, -0.25) is 19.4 Å². The molecular formula is C31H33BrN4O3. The minimum absolute atomic E-state index is 0.0525. The number of carbonyl (C=O) groups is 3. The van der Waals surface area contributed by atoms with E-state index in [9.17, 15) is 14.4 Å². The number of carbonyl (C=O) groups excluding carboxylic acids is 3. The monoisotopic (exact) mass is 588 g/mol. The van der Waals surface area contributed by atoms with Gasteiger partial charge >= 0.3 is 0 Å². The first-order chi connectivity index (χ1) is 18.8. The van der Waals surface area contributed by atoms with E-state index in [1.54, 1.807) is 22.0 Å². The van der Waals surface area contributed by atoms with Crippen LogP contribution in [0.1, 0.15) is 28.7 Å². The highest BCUT2D eigenvalue weighted by atomic mass is 79.9. The zero-order valence-electron chi connectivity index (χ0n) is 22.3. The number of benzene rings is 3. The molecule has 3 amide bonds. The van der Waals surface area contributed by atoms with E-state index >= 15 is 0 Å². The van der Waals surface area contributed by atoms with Gasteiger partial charge in [-0.25, -0.2) is 5.01 Å². The van der Waals surface area contributed by atoms with Gasteiger partial charge in [0.15, 0.2) is 0 Å². The molecule has 8 heteroatoms. The minimum Gasteiger partial charge on any atom is -0.333 e. The molecule has 2 aliphatic rings. The third-order valence-electron chi connectivity index (χ3n) is 7.63. The summed E-state index contributed by atoms with van der Waals surface area (Å²) in [6.45, 7) is 2.78. The van der Waals surface area contributed by atoms with E-state index in [-0.39, 0.29) is 30.8 Å². The third kappa shape index (κ3) is 5.92. The van der Waals surface area contributed by atoms with Crippen LogP contribution in [-0.4, -0.2) is 69.9 Å². The van der Waals surface area contributed by atoms with Crippen LogP contribution in [0, 0.1) is 6.92 Å². The largest absolute Gasteiger partial charge is 0.333 e. The number of likely N-dealkylation sites (N-methyl/N-ethyl adjacent to an activating group) is 1. The summed E-state index contributed by atoms with van der Waals surface area (Å²) in [5.74, 6) is -0.283. The predicted octanol–water partition coefficient (Wildman–Crippen LogP) is 4.19. The Morgan fingerprint density at radius 2 is 1.62 bits per heavy atom. The molecule has 7 nitrogen and oxygen atoms in total. The summed E-state index contributed by atoms with van der Waals surface area (Å²) >= 11 is 3.46. The molecule has 3 aromatic carbocycles. The van der Waals surface area contributed by atoms with Crippen molar-refractivity contribution in [2.45, 2.75) is 44.9 Å². The SMILES string of the molecule is Cc1ccccc1CN1C[C@@H]2N(C(=O)CN(C)N2C(=O)CCc2ccc(Br)cc2)C(Cc2ccccc2)C1=O. The molecule has 0 spiro atoms. The predicted molar refractivity (Wildman–Crippen MR) is 153 cm³/mol. The molecule has 0 aliphatic carbocycles. The lowest BCUT2D eigenvalue weighted by Gasteiger charge is -2.54. The molecule has 0 aromatic heterocycles. The second kappa shape index (κ2) is 11.7. The van der Waals surface area contributed by atoms with Gasteiger partial charge in [-0.1, -0.05) is 82.7 Å². The molecule has 0 N–H and O–H groups in total. The van der Waals surface area contributed by atoms with Crippen molar-refractivity contribution in [3.8, 4) is 0 Å². The number of hydrogen-bond donors (Lipinski definition) is 0. The Morgan fingerprint density at radius 1 is 0.923 bits per heavy atom. The number of piperazine rings is 1. The van der Waals surface area contributed by atoms with E-state index in [1.807, 2.05) is 90.7 Å². The van der Waals surface area contributed by atoms with Gasteiger partial charge in [0, 0.05) is 30.9 Å². The van der Waals surface area contributed by atoms with Crippen molar-refractivity contribution in [1.82, 2.24) is 19.8 Å². The Labute approximate surface area is 238 Å². The van der Waals surface area contributed by atoms with Gasteiger partial charge in [-0.15, -0.1) is 0 Å². The molecule has 202 valence electrons. The van der Waals surface area contributed by atoms with Crippen molar-refractivity contribution >= 4 is 33.7 Å². The van der Waals surface area contributed by atoms with Crippen LogP contribution in [0.15, 0.2) is 83.3 Å². The maximum atomic E-state index is 14.0. The highest BCUT2D eigenvalue weighted by Gasteiger charge is 2.50. The third-order valence-corrected chi connectivity index (χ3v) is 8.16. The maximum Gasteiger partial charge on any atom is 0.246 e. The molecule has 0 radical (unpaired) electrons. The van der Waals surface area contributed by atoms with Crippen molar-refractivity contribution in [3.05, 3.63) is 106 Å². The highest BCUT2D eigenvalue weighted by molar-refractivity contribution is 9.10. The Morgan fingerprint density at radius 3 is 2.33 bits per heavy atom. The summed E-state index contributed by atoms with van der Waals surface area (Å²) in [5, 5.41) is 3.42. The maximum absolute atomic E-state index is 14.0. The van der Waals surface area contributed by atoms with Gasteiger partial charge in [0.2, 0.25) is 17.7 Å². The van der Waals surface area contributed by atoms with Crippen molar-refractivity contribution in [2.24, 2.45) is 0 Å². The van der Waals surface area contributed by atoms with E-state index in [0.29, 0.717) is 25.8 Å². The van der Waals surface area contributed by atoms with Crippen molar-refractivity contribution < 1.29 is 14.4 Å². The highest BCUT2D eigenvalue weighted by Crippen LogP contribution is 2.29. The molecule has 39 heavy (non-hydrogen) atoms. The van der Waals surface area contributed by atoms with Gasteiger partial charge < -0.3 is 9.80 Å². The average molecular weight is 590 g/mol. The van der Waals surface area contributed by atoms with Gasteiger partial charge in [0.1, 0.15) is 12.2 Å². The molecule has 2 atom stereocenters. The van der Waals surface area contributed by atoms with Crippen LogP contribution >= 0.6 is 15.9 Å². The van der Waals surface area contributed by atoms with Crippen LogP contribution < -0.4 is 0 Å². The topological polar surface area (TPSA) is 64.2 Å². The fourth-order valence-corrected chi connectivity index (χ4v) is 5.83. The van der Waals surface area contributed by atoms with Crippen LogP contribution in [0.2, 0.25) is 0 Å². The van der Waals surface area contributed by atoms with Crippen LogP contribution in [-0.2, 0) is 33.8 Å². The molecular weight excluding hydrogens is 556 g/mol. The quantitative estimate of drug-likeness (QED) is 0.415. The normalized spacial score (nSPS) is 19.8. The standard InChI is InChI=1S/C31H33BrN4O3/c1-22-8-6-7-11-25(22)19-34-20-28-35(27(31(34)39)18-24-9-4-3-5-10-24)30(38)21-33(2)36(28)29(37)17-14-23-12-15-26(32)16-13-23/h3-13,15-16,27-28H,14,17-21H2,1-2H3/t27?,28-/m1/s1. The summed E-state index contributed by atoms with van der Waals surface area (Å²) < 4.78 is 0.993. The Hall–Kier alpha value is -3.49. The fourth-order valence-electron chi connectivity index (χ4n) is 5.56. The first-order valence-electron chi connectivity index (χ1n) is 13.3. The summed E-state index contributed by atoms with van der Waals surface area (Å²) in [5.41, 5.74) is 4.21. The molecule has 5 rings (SSSR count). The van der Waals surface area contributed by atoms with E-state index in [4.69, 9.17) is 0 Å². The van der Waals surface area contributed by atoms with Crippen molar-refractivity contribution in [3.63, 3.8) is 0 Å². The molecule has 2 heterocycles. The van der Waals surface area contributed by atoms with E-state index in [2.05, 4.69) is 15.9 Å². The van der Waals surface area contributed by atoms with Crippen LogP contribution in [0.25, 0.3) is 0 Å². The average Bonchev–Trinajstić information content (AvgIpc) is 2.92. The van der Waals surface area contributed by atoms with Crippen LogP contribution in [0.4, 0.5) is 0 Å². The summed E-state index contributed by atoms with van der Waals surface area (Å²) in [6, 6.07) is 25.1. The number of hydrogen-bond acceptors (Lipinski definition) is 4. The summed E-state index contributed by atoms with van der Waals surface area (Å²) in [7, 11) is 1.78. The van der Waals surface area contributed by atoms with Crippen LogP contribution in [0.5, 0.6) is 0 Å². The number of amides is 3. The molecule has 0 bridgehead atoms. The lowest BCUT2D eigenvalue weighted by molar-refractivity contribution is -0.202. The fraction of sp³-hybridized carbons (Fsp3) is 0.323. The van der Waals surface area contributed by atoms with Crippen molar-refractivity contribution in [1.29, 1.82) is 0 Å². The van der Waals surface area contributed by atoms with Gasteiger partial charge in [-0.05, 0) is 47.7 Å². The van der Waals surface area contributed by atoms with Gasteiger partial charge in [0.25, 0.3) is 0 Å². The lowest BCUT2D eigenvalue weighted by atomic mass is 9.97. The van der Waals surface area contributed by atoms with E-state index in [1.165, 1.54) is 0 Å². The van der Waals surface area contributed by atoms with E-state index < -0.39 is 12.2 Å². The van der Waals surface area contributed by atoms with E-state index in [0.717, 1.165) is 26.7 Å². The first-order valence-corrected chi connectivity index (χ1v) is 14.1. The Bertz CT molecular complexity index is 1350. The Kier molecular flexibility index (Phi) is 8.14. The molecule has 0 saturated carbocycles. The number of halogens is 1. The second-order valence-corrected chi connectivity index (χ2v) is 11.2. The van der Waals surface area contributed by atoms with Crippen molar-refractivity contribution in [2.75, 3.05) is 20.1 Å². The van der Waals surface area contributed by atoms with Crippen LogP contribution in [0.3, 0.4) is 0 Å². The second-order valence-electron chi connectivity index (χ2n) is 10.3. The molecule has 2 aliphatic heterocycles. The number of aryl methyl sites for hydroxylation is 2. The zero-order valence-corrected chi connectivity index (χ0v) is 23.9. The van der Waals surface area contributed by atoms with Gasteiger partial charge in [-0.2, -0.15) is 0 Å². The molecule has 2 fully saturated rings. The minimum atomic E-state index is -0.682. The molecule has 1 unspecified atom stereocenters. The number of nitrogens with zero attached hydrogens (tertiary/aromatic N) is 4. The zero-order chi connectivity index (χ0) is 27.5. The smallest absolute Gasteiger partial charge is 0.246 e. The summed E-state index contributed by atoms with van der Waals surface area (Å²) in [6.07, 6.45) is 0.733. The Balaban J connectivity index is 1.45. The molecule has 2 saturated heterocycles. The van der Waals surface area contributed by atoms with Gasteiger partial charge in [0.05, 0.1) is 13.1 Å². The molecule has 3 aromatic rings.